The maximum absolute atomic E-state index is 12.8. The monoisotopic (exact) mass is 388 g/mol. The SMILES string of the molecule is Cc1c(-c2ccc(C(=O)N3CCC[C@H](C(=O)O)C3)s2)noc1C(F)(F)F. The molecule has 1 amide bonds. The summed E-state index contributed by atoms with van der Waals surface area (Å²) < 4.78 is 42.9. The van der Waals surface area contributed by atoms with Crippen LogP contribution in [0.15, 0.2) is 16.7 Å². The average Bonchev–Trinajstić information content (AvgIpc) is 3.20. The van der Waals surface area contributed by atoms with E-state index in [2.05, 4.69) is 9.68 Å². The van der Waals surface area contributed by atoms with Gasteiger partial charge in [0, 0.05) is 18.7 Å². The minimum absolute atomic E-state index is 0.0448. The van der Waals surface area contributed by atoms with E-state index in [1.54, 1.807) is 0 Å². The number of carboxylic acids is 1. The Hall–Kier alpha value is -2.36. The van der Waals surface area contributed by atoms with Crippen LogP contribution in [-0.2, 0) is 11.0 Å². The van der Waals surface area contributed by atoms with Gasteiger partial charge in [-0.25, -0.2) is 0 Å². The maximum atomic E-state index is 12.8. The first-order chi connectivity index (χ1) is 12.2. The van der Waals surface area contributed by atoms with E-state index in [1.807, 2.05) is 0 Å². The van der Waals surface area contributed by atoms with Gasteiger partial charge >= 0.3 is 12.1 Å². The molecule has 1 aliphatic heterocycles. The summed E-state index contributed by atoms with van der Waals surface area (Å²) in [4.78, 5) is 25.9. The Morgan fingerprint density at radius 1 is 1.38 bits per heavy atom. The molecular formula is C16H15F3N2O4S. The molecule has 1 saturated heterocycles. The molecule has 0 bridgehead atoms. The Labute approximate surface area is 150 Å². The number of carbonyl (C=O) groups is 2. The zero-order chi connectivity index (χ0) is 19.1. The summed E-state index contributed by atoms with van der Waals surface area (Å²) in [6, 6.07) is 3.02. The van der Waals surface area contributed by atoms with E-state index in [-0.39, 0.29) is 23.7 Å². The fourth-order valence-electron chi connectivity index (χ4n) is 2.93. The van der Waals surface area contributed by atoms with Gasteiger partial charge in [0.05, 0.1) is 15.7 Å². The normalized spacial score (nSPS) is 18.2. The van der Waals surface area contributed by atoms with Gasteiger partial charge in [-0.2, -0.15) is 13.2 Å². The van der Waals surface area contributed by atoms with Crippen molar-refractivity contribution in [3.63, 3.8) is 0 Å². The summed E-state index contributed by atoms with van der Waals surface area (Å²) in [5.41, 5.74) is -0.0919. The Kier molecular flexibility index (Phi) is 4.78. The molecule has 6 nitrogen and oxygen atoms in total. The second-order valence-corrected chi connectivity index (χ2v) is 7.16. The molecule has 1 atom stereocenters. The van der Waals surface area contributed by atoms with Crippen molar-refractivity contribution < 1.29 is 32.4 Å². The molecule has 1 N–H and O–H groups in total. The third kappa shape index (κ3) is 3.46. The van der Waals surface area contributed by atoms with E-state index >= 15 is 0 Å². The lowest BCUT2D eigenvalue weighted by atomic mass is 9.98. The third-order valence-corrected chi connectivity index (χ3v) is 5.37. The van der Waals surface area contributed by atoms with Gasteiger partial charge in [0.1, 0.15) is 5.69 Å². The minimum atomic E-state index is -4.63. The fraction of sp³-hybridized carbons (Fsp3) is 0.438. The van der Waals surface area contributed by atoms with Crippen molar-refractivity contribution in [2.45, 2.75) is 25.9 Å². The number of aliphatic carboxylic acids is 1. The first kappa shape index (κ1) is 18.4. The molecule has 0 spiro atoms. The number of hydrogen-bond donors (Lipinski definition) is 1. The largest absolute Gasteiger partial charge is 0.481 e. The molecule has 0 radical (unpaired) electrons. The summed E-state index contributed by atoms with van der Waals surface area (Å²) in [7, 11) is 0. The number of nitrogens with zero attached hydrogens (tertiary/aromatic N) is 2. The van der Waals surface area contributed by atoms with E-state index < -0.39 is 23.8 Å². The van der Waals surface area contributed by atoms with Crippen LogP contribution < -0.4 is 0 Å². The minimum Gasteiger partial charge on any atom is -0.481 e. The lowest BCUT2D eigenvalue weighted by molar-refractivity contribution is -0.156. The highest BCUT2D eigenvalue weighted by Gasteiger charge is 2.39. The number of hydrogen-bond acceptors (Lipinski definition) is 5. The zero-order valence-corrected chi connectivity index (χ0v) is 14.5. The van der Waals surface area contributed by atoms with Gasteiger partial charge in [-0.1, -0.05) is 5.16 Å². The average molecular weight is 388 g/mol. The van der Waals surface area contributed by atoms with Crippen molar-refractivity contribution in [1.82, 2.24) is 10.1 Å². The van der Waals surface area contributed by atoms with Crippen LogP contribution in [0.4, 0.5) is 13.2 Å². The van der Waals surface area contributed by atoms with Crippen LogP contribution in [-0.4, -0.2) is 40.1 Å². The Balaban J connectivity index is 1.81. The van der Waals surface area contributed by atoms with Crippen LogP contribution in [0.3, 0.4) is 0 Å². The van der Waals surface area contributed by atoms with Gasteiger partial charge in [-0.05, 0) is 31.9 Å². The van der Waals surface area contributed by atoms with E-state index in [1.165, 1.54) is 24.0 Å². The number of likely N-dealkylation sites (tertiary alicyclic amines) is 1. The van der Waals surface area contributed by atoms with E-state index in [0.717, 1.165) is 11.3 Å². The van der Waals surface area contributed by atoms with Crippen molar-refractivity contribution >= 4 is 23.2 Å². The zero-order valence-electron chi connectivity index (χ0n) is 13.7. The van der Waals surface area contributed by atoms with Gasteiger partial charge in [-0.15, -0.1) is 11.3 Å². The Morgan fingerprint density at radius 2 is 2.12 bits per heavy atom. The van der Waals surface area contributed by atoms with E-state index in [0.29, 0.717) is 29.1 Å². The molecule has 2 aromatic rings. The number of thiophene rings is 1. The first-order valence-electron chi connectivity index (χ1n) is 7.84. The van der Waals surface area contributed by atoms with Gasteiger partial charge in [0.2, 0.25) is 5.76 Å². The predicted octanol–water partition coefficient (Wildman–Crippen LogP) is 3.67. The number of carbonyl (C=O) groups excluding carboxylic acids is 1. The summed E-state index contributed by atoms with van der Waals surface area (Å²) in [5, 5.41) is 12.6. The number of carboxylic acid groups (broad SMARTS) is 1. The van der Waals surface area contributed by atoms with Crippen LogP contribution in [0, 0.1) is 12.8 Å². The van der Waals surface area contributed by atoms with Gasteiger partial charge in [0.25, 0.3) is 5.91 Å². The smallest absolute Gasteiger partial charge is 0.452 e. The van der Waals surface area contributed by atoms with Crippen molar-refractivity contribution in [1.29, 1.82) is 0 Å². The number of aromatic nitrogens is 1. The molecule has 140 valence electrons. The molecule has 3 rings (SSSR count). The number of halogens is 3. The molecular weight excluding hydrogens is 373 g/mol. The van der Waals surface area contributed by atoms with Crippen LogP contribution in [0.25, 0.3) is 10.6 Å². The summed E-state index contributed by atoms with van der Waals surface area (Å²) in [6.45, 7) is 1.84. The molecule has 0 saturated carbocycles. The van der Waals surface area contributed by atoms with Crippen molar-refractivity contribution in [2.24, 2.45) is 5.92 Å². The van der Waals surface area contributed by atoms with Gasteiger partial charge in [-0.3, -0.25) is 9.59 Å². The number of alkyl halides is 3. The van der Waals surface area contributed by atoms with Gasteiger partial charge < -0.3 is 14.5 Å². The molecule has 1 fully saturated rings. The molecule has 0 aliphatic carbocycles. The van der Waals surface area contributed by atoms with Crippen molar-refractivity contribution in [2.75, 3.05) is 13.1 Å². The molecule has 1 aliphatic rings. The molecule has 0 aromatic carbocycles. The van der Waals surface area contributed by atoms with Crippen LogP contribution >= 0.6 is 11.3 Å². The summed E-state index contributed by atoms with van der Waals surface area (Å²) in [5.74, 6) is -3.02. The first-order valence-corrected chi connectivity index (χ1v) is 8.66. The van der Waals surface area contributed by atoms with Crippen LogP contribution in [0.2, 0.25) is 0 Å². The van der Waals surface area contributed by atoms with Crippen molar-refractivity contribution in [3.8, 4) is 10.6 Å². The van der Waals surface area contributed by atoms with E-state index in [4.69, 9.17) is 5.11 Å². The number of rotatable bonds is 3. The molecule has 10 heteroatoms. The lowest BCUT2D eigenvalue weighted by Crippen LogP contribution is -2.42. The molecule has 0 unspecified atom stereocenters. The quantitative estimate of drug-likeness (QED) is 0.867. The third-order valence-electron chi connectivity index (χ3n) is 4.29. The Morgan fingerprint density at radius 3 is 2.73 bits per heavy atom. The maximum Gasteiger partial charge on any atom is 0.452 e. The highest BCUT2D eigenvalue weighted by molar-refractivity contribution is 7.17. The Bertz CT molecular complexity index is 843. The molecule has 3 heterocycles. The number of piperidine rings is 1. The van der Waals surface area contributed by atoms with Crippen LogP contribution in [0.1, 0.15) is 33.8 Å². The second kappa shape index (κ2) is 6.75. The molecule has 2 aromatic heterocycles. The van der Waals surface area contributed by atoms with Crippen LogP contribution in [0.5, 0.6) is 0 Å². The van der Waals surface area contributed by atoms with E-state index in [9.17, 15) is 22.8 Å². The number of amides is 1. The lowest BCUT2D eigenvalue weighted by Gasteiger charge is -2.30. The highest BCUT2D eigenvalue weighted by atomic mass is 32.1. The fourth-order valence-corrected chi connectivity index (χ4v) is 3.94. The topological polar surface area (TPSA) is 83.6 Å². The predicted molar refractivity (Wildman–Crippen MR) is 85.8 cm³/mol. The summed E-state index contributed by atoms with van der Waals surface area (Å²) in [6.07, 6.45) is -3.52. The standard InChI is InChI=1S/C16H15F3N2O4S/c1-8-12(20-25-13(8)16(17,18)19)10-4-5-11(26-10)14(22)21-6-2-3-9(7-21)15(23)24/h4-5,9H,2-3,6-7H2,1H3,(H,23,24)/t9-/m0/s1. The highest BCUT2D eigenvalue weighted by Crippen LogP contribution is 2.38. The summed E-state index contributed by atoms with van der Waals surface area (Å²) >= 11 is 1.01. The second-order valence-electron chi connectivity index (χ2n) is 6.08. The van der Waals surface area contributed by atoms with Gasteiger partial charge in [0.15, 0.2) is 0 Å². The van der Waals surface area contributed by atoms with Crippen molar-refractivity contribution in [3.05, 3.63) is 28.3 Å². The molecule has 26 heavy (non-hydrogen) atoms.